The van der Waals surface area contributed by atoms with Gasteiger partial charge in [0.15, 0.2) is 0 Å². The SMILES string of the molecule is Cc1cc([N+](=O)[O-])cc(Cl)c1N1CC(C)N(C)C(C)C1. The van der Waals surface area contributed by atoms with Crippen LogP contribution in [0.5, 0.6) is 0 Å². The second-order valence-electron chi connectivity index (χ2n) is 5.62. The molecule has 1 aliphatic rings. The number of rotatable bonds is 2. The summed E-state index contributed by atoms with van der Waals surface area (Å²) in [7, 11) is 2.12. The highest BCUT2D eigenvalue weighted by Gasteiger charge is 2.29. The Labute approximate surface area is 124 Å². The van der Waals surface area contributed by atoms with Gasteiger partial charge in [0, 0.05) is 37.3 Å². The number of nitrogens with zero attached hydrogens (tertiary/aromatic N) is 3. The van der Waals surface area contributed by atoms with E-state index in [1.165, 1.54) is 6.07 Å². The van der Waals surface area contributed by atoms with Crippen LogP contribution in [0.2, 0.25) is 5.02 Å². The Morgan fingerprint density at radius 1 is 1.30 bits per heavy atom. The molecule has 1 aliphatic heterocycles. The van der Waals surface area contributed by atoms with Gasteiger partial charge in [0.1, 0.15) is 0 Å². The molecule has 2 atom stereocenters. The molecule has 6 heteroatoms. The van der Waals surface area contributed by atoms with Crippen molar-refractivity contribution in [3.8, 4) is 0 Å². The minimum Gasteiger partial charge on any atom is -0.367 e. The van der Waals surface area contributed by atoms with E-state index in [0.717, 1.165) is 24.3 Å². The zero-order valence-corrected chi connectivity index (χ0v) is 13.0. The number of likely N-dealkylation sites (N-methyl/N-ethyl adjacent to an activating group) is 1. The average molecular weight is 298 g/mol. The third kappa shape index (κ3) is 2.74. The molecule has 0 amide bonds. The minimum absolute atomic E-state index is 0.0477. The molecule has 0 N–H and O–H groups in total. The van der Waals surface area contributed by atoms with Crippen molar-refractivity contribution in [2.24, 2.45) is 0 Å². The first-order chi connectivity index (χ1) is 9.31. The summed E-state index contributed by atoms with van der Waals surface area (Å²) in [6.07, 6.45) is 0. The van der Waals surface area contributed by atoms with E-state index in [1.807, 2.05) is 6.92 Å². The third-order valence-electron chi connectivity index (χ3n) is 4.13. The van der Waals surface area contributed by atoms with Gasteiger partial charge in [0.2, 0.25) is 0 Å². The van der Waals surface area contributed by atoms with Gasteiger partial charge in [0.05, 0.1) is 15.6 Å². The Bertz CT molecular complexity index is 500. The van der Waals surface area contributed by atoms with E-state index in [9.17, 15) is 10.1 Å². The molecule has 2 unspecified atom stereocenters. The highest BCUT2D eigenvalue weighted by molar-refractivity contribution is 6.33. The van der Waals surface area contributed by atoms with E-state index in [-0.39, 0.29) is 5.69 Å². The standard InChI is InChI=1S/C14H20ClN3O2/c1-9-5-12(18(19)20)6-13(15)14(9)17-7-10(2)16(4)11(3)8-17/h5-6,10-11H,7-8H2,1-4H3. The summed E-state index contributed by atoms with van der Waals surface area (Å²) in [5.74, 6) is 0. The average Bonchev–Trinajstić information content (AvgIpc) is 2.34. The Morgan fingerprint density at radius 3 is 2.30 bits per heavy atom. The van der Waals surface area contributed by atoms with Crippen LogP contribution in [0, 0.1) is 17.0 Å². The van der Waals surface area contributed by atoms with Crippen molar-refractivity contribution in [1.82, 2.24) is 4.90 Å². The number of piperazine rings is 1. The van der Waals surface area contributed by atoms with Crippen LogP contribution in [0.3, 0.4) is 0 Å². The van der Waals surface area contributed by atoms with Crippen molar-refractivity contribution in [3.05, 3.63) is 32.8 Å². The molecule has 20 heavy (non-hydrogen) atoms. The molecular weight excluding hydrogens is 278 g/mol. The maximum atomic E-state index is 10.9. The monoisotopic (exact) mass is 297 g/mol. The van der Waals surface area contributed by atoms with Crippen LogP contribution in [-0.4, -0.2) is 42.0 Å². The Balaban J connectivity index is 2.36. The molecule has 110 valence electrons. The van der Waals surface area contributed by atoms with Gasteiger partial charge < -0.3 is 4.90 Å². The lowest BCUT2D eigenvalue weighted by Gasteiger charge is -2.44. The van der Waals surface area contributed by atoms with Gasteiger partial charge in [-0.05, 0) is 33.4 Å². The minimum atomic E-state index is -0.405. The second-order valence-corrected chi connectivity index (χ2v) is 6.03. The first-order valence-electron chi connectivity index (χ1n) is 6.72. The Morgan fingerprint density at radius 2 is 1.85 bits per heavy atom. The van der Waals surface area contributed by atoms with E-state index in [1.54, 1.807) is 6.07 Å². The summed E-state index contributed by atoms with van der Waals surface area (Å²) in [6.45, 7) is 7.98. The van der Waals surface area contributed by atoms with Crippen molar-refractivity contribution in [2.75, 3.05) is 25.0 Å². The fourth-order valence-electron chi connectivity index (χ4n) is 2.81. The summed E-state index contributed by atoms with van der Waals surface area (Å²) >= 11 is 6.28. The second kappa shape index (κ2) is 5.58. The molecule has 5 nitrogen and oxygen atoms in total. The number of hydrogen-bond donors (Lipinski definition) is 0. The molecule has 1 saturated heterocycles. The predicted molar refractivity (Wildman–Crippen MR) is 81.7 cm³/mol. The van der Waals surface area contributed by atoms with Crippen molar-refractivity contribution in [2.45, 2.75) is 32.9 Å². The number of hydrogen-bond acceptors (Lipinski definition) is 4. The van der Waals surface area contributed by atoms with Crippen molar-refractivity contribution in [1.29, 1.82) is 0 Å². The fourth-order valence-corrected chi connectivity index (χ4v) is 3.19. The first kappa shape index (κ1) is 15.1. The molecule has 0 radical (unpaired) electrons. The molecule has 0 saturated carbocycles. The lowest BCUT2D eigenvalue weighted by Crippen LogP contribution is -2.55. The molecule has 0 spiro atoms. The zero-order valence-electron chi connectivity index (χ0n) is 12.3. The molecule has 0 bridgehead atoms. The lowest BCUT2D eigenvalue weighted by molar-refractivity contribution is -0.384. The van der Waals surface area contributed by atoms with Crippen LogP contribution in [0.1, 0.15) is 19.4 Å². The lowest BCUT2D eigenvalue weighted by atomic mass is 10.1. The van der Waals surface area contributed by atoms with Gasteiger partial charge >= 0.3 is 0 Å². The van der Waals surface area contributed by atoms with Gasteiger partial charge in [-0.1, -0.05) is 11.6 Å². The highest BCUT2D eigenvalue weighted by Crippen LogP contribution is 2.35. The number of nitro groups is 1. The van der Waals surface area contributed by atoms with Crippen LogP contribution in [0.15, 0.2) is 12.1 Å². The maximum absolute atomic E-state index is 10.9. The smallest absolute Gasteiger partial charge is 0.271 e. The van der Waals surface area contributed by atoms with Gasteiger partial charge in [-0.15, -0.1) is 0 Å². The van der Waals surface area contributed by atoms with Crippen molar-refractivity contribution in [3.63, 3.8) is 0 Å². The molecule has 0 aromatic heterocycles. The largest absolute Gasteiger partial charge is 0.367 e. The molecule has 1 heterocycles. The molecule has 1 fully saturated rings. The summed E-state index contributed by atoms with van der Waals surface area (Å²) in [5.41, 5.74) is 1.82. The first-order valence-corrected chi connectivity index (χ1v) is 7.10. The number of non-ortho nitro benzene ring substituents is 1. The number of halogens is 1. The third-order valence-corrected chi connectivity index (χ3v) is 4.41. The van der Waals surface area contributed by atoms with Gasteiger partial charge in [-0.2, -0.15) is 0 Å². The summed E-state index contributed by atoms with van der Waals surface area (Å²) < 4.78 is 0. The number of aryl methyl sites for hydroxylation is 1. The number of anilines is 1. The van der Waals surface area contributed by atoms with E-state index in [2.05, 4.69) is 30.7 Å². The maximum Gasteiger partial charge on any atom is 0.271 e. The quantitative estimate of drug-likeness (QED) is 0.622. The van der Waals surface area contributed by atoms with Gasteiger partial charge in [-0.25, -0.2) is 0 Å². The summed E-state index contributed by atoms with van der Waals surface area (Å²) in [5, 5.41) is 11.3. The van der Waals surface area contributed by atoms with E-state index < -0.39 is 4.92 Å². The topological polar surface area (TPSA) is 49.6 Å². The van der Waals surface area contributed by atoms with Crippen LogP contribution >= 0.6 is 11.6 Å². The zero-order chi connectivity index (χ0) is 15.0. The summed E-state index contributed by atoms with van der Waals surface area (Å²) in [6, 6.07) is 3.88. The van der Waals surface area contributed by atoms with Crippen LogP contribution in [0.25, 0.3) is 0 Å². The van der Waals surface area contributed by atoms with Gasteiger partial charge in [-0.3, -0.25) is 15.0 Å². The van der Waals surface area contributed by atoms with Crippen molar-refractivity contribution >= 4 is 23.0 Å². The Hall–Kier alpha value is -1.33. The van der Waals surface area contributed by atoms with E-state index >= 15 is 0 Å². The van der Waals surface area contributed by atoms with Gasteiger partial charge in [0.25, 0.3) is 5.69 Å². The molecule has 2 rings (SSSR count). The van der Waals surface area contributed by atoms with Crippen LogP contribution < -0.4 is 4.90 Å². The fraction of sp³-hybridized carbons (Fsp3) is 0.571. The van der Waals surface area contributed by atoms with E-state index in [0.29, 0.717) is 17.1 Å². The number of benzene rings is 1. The molecule has 1 aromatic carbocycles. The molecular formula is C14H20ClN3O2. The molecule has 1 aromatic rings. The molecule has 0 aliphatic carbocycles. The summed E-state index contributed by atoms with van der Waals surface area (Å²) in [4.78, 5) is 15.0. The van der Waals surface area contributed by atoms with Crippen LogP contribution in [-0.2, 0) is 0 Å². The number of nitro benzene ring substituents is 1. The van der Waals surface area contributed by atoms with Crippen LogP contribution in [0.4, 0.5) is 11.4 Å². The predicted octanol–water partition coefficient (Wildman–Crippen LogP) is 3.09. The normalized spacial score (nSPS) is 23.9. The van der Waals surface area contributed by atoms with Crippen molar-refractivity contribution < 1.29 is 4.92 Å². The van der Waals surface area contributed by atoms with E-state index in [4.69, 9.17) is 11.6 Å². The Kier molecular flexibility index (Phi) is 4.20. The highest BCUT2D eigenvalue weighted by atomic mass is 35.5.